The Balaban J connectivity index is 1.12. The Labute approximate surface area is 240 Å². The molecule has 4 aliphatic rings. The Morgan fingerprint density at radius 3 is 1.25 bits per heavy atom. The molecule has 0 atom stereocenters. The molecule has 7 heteroatoms. The summed E-state index contributed by atoms with van der Waals surface area (Å²) in [6, 6.07) is 18.6. The Morgan fingerprint density at radius 2 is 0.875 bits per heavy atom. The van der Waals surface area contributed by atoms with Gasteiger partial charge in [-0.1, -0.05) is 24.3 Å². The SMILES string of the molecule is NC1CCC(N2CCN(c3ccccc3C(=O)c3ccccc3N3CCN(C4CCC(N)CC4)CC3)CC2)CC1. The maximum Gasteiger partial charge on any atom is 0.197 e. The average Bonchev–Trinajstić information content (AvgIpc) is 3.02. The Bertz CT molecular complexity index is 1040. The van der Waals surface area contributed by atoms with Gasteiger partial charge in [0.15, 0.2) is 5.78 Å². The summed E-state index contributed by atoms with van der Waals surface area (Å²) in [5.41, 5.74) is 16.1. The van der Waals surface area contributed by atoms with Crippen LogP contribution in [0.3, 0.4) is 0 Å². The first-order valence-corrected chi connectivity index (χ1v) is 15.8. The molecule has 0 bridgehead atoms. The van der Waals surface area contributed by atoms with Crippen LogP contribution in [0, 0.1) is 0 Å². The van der Waals surface area contributed by atoms with Crippen molar-refractivity contribution in [3.8, 4) is 0 Å². The van der Waals surface area contributed by atoms with Crippen LogP contribution in [0.2, 0.25) is 0 Å². The summed E-state index contributed by atoms with van der Waals surface area (Å²) in [6.45, 7) is 8.05. The number of carbonyl (C=O) groups excluding carboxylic acids is 1. The van der Waals surface area contributed by atoms with E-state index in [1.165, 1.54) is 25.7 Å². The number of ketones is 1. The number of hydrogen-bond acceptors (Lipinski definition) is 7. The molecule has 2 aromatic rings. The third-order valence-corrected chi connectivity index (χ3v) is 10.1. The number of nitrogens with two attached hydrogens (primary N) is 2. The highest BCUT2D eigenvalue weighted by Crippen LogP contribution is 2.31. The molecule has 0 unspecified atom stereocenters. The summed E-state index contributed by atoms with van der Waals surface area (Å²) >= 11 is 0. The molecule has 2 aliphatic heterocycles. The molecule has 0 aromatic heterocycles. The van der Waals surface area contributed by atoms with Crippen molar-refractivity contribution in [2.75, 3.05) is 62.2 Å². The van der Waals surface area contributed by atoms with Crippen molar-refractivity contribution in [2.24, 2.45) is 11.5 Å². The van der Waals surface area contributed by atoms with Crippen LogP contribution in [0.5, 0.6) is 0 Å². The van der Waals surface area contributed by atoms with E-state index in [2.05, 4.69) is 43.9 Å². The van der Waals surface area contributed by atoms with Crippen molar-refractivity contribution in [2.45, 2.75) is 75.5 Å². The van der Waals surface area contributed by atoms with Crippen LogP contribution < -0.4 is 21.3 Å². The number of carbonyl (C=O) groups is 1. The zero-order chi connectivity index (χ0) is 27.5. The molecule has 6 rings (SSSR count). The molecule has 0 spiro atoms. The lowest BCUT2D eigenvalue weighted by Crippen LogP contribution is -2.52. The van der Waals surface area contributed by atoms with Gasteiger partial charge in [0.2, 0.25) is 0 Å². The summed E-state index contributed by atoms with van der Waals surface area (Å²) in [4.78, 5) is 24.3. The van der Waals surface area contributed by atoms with E-state index in [1.54, 1.807) is 0 Å². The summed E-state index contributed by atoms with van der Waals surface area (Å²) < 4.78 is 0. The van der Waals surface area contributed by atoms with E-state index in [-0.39, 0.29) is 5.78 Å². The van der Waals surface area contributed by atoms with Gasteiger partial charge in [-0.2, -0.15) is 0 Å². The molecule has 2 aliphatic carbocycles. The fourth-order valence-corrected chi connectivity index (χ4v) is 7.62. The van der Waals surface area contributed by atoms with E-state index < -0.39 is 0 Å². The van der Waals surface area contributed by atoms with Crippen LogP contribution in [0.4, 0.5) is 11.4 Å². The molecule has 216 valence electrons. The molecule has 0 amide bonds. The number of anilines is 2. The number of rotatable bonds is 6. The van der Waals surface area contributed by atoms with Crippen LogP contribution in [0.15, 0.2) is 48.5 Å². The van der Waals surface area contributed by atoms with Gasteiger partial charge in [-0.15, -0.1) is 0 Å². The minimum atomic E-state index is 0.138. The lowest BCUT2D eigenvalue weighted by atomic mass is 9.90. The minimum Gasteiger partial charge on any atom is -0.368 e. The van der Waals surface area contributed by atoms with Crippen molar-refractivity contribution in [1.82, 2.24) is 9.80 Å². The predicted octanol–water partition coefficient (Wildman–Crippen LogP) is 3.70. The highest BCUT2D eigenvalue weighted by Gasteiger charge is 2.31. The lowest BCUT2D eigenvalue weighted by Gasteiger charge is -2.43. The van der Waals surface area contributed by atoms with E-state index in [0.717, 1.165) is 101 Å². The molecular weight excluding hydrogens is 496 g/mol. The highest BCUT2D eigenvalue weighted by atomic mass is 16.1. The fraction of sp³-hybridized carbons (Fsp3) is 0.606. The second-order valence-electron chi connectivity index (χ2n) is 12.5. The molecule has 4 N–H and O–H groups in total. The van der Waals surface area contributed by atoms with Gasteiger partial charge in [0.25, 0.3) is 0 Å². The fourth-order valence-electron chi connectivity index (χ4n) is 7.62. The molecule has 2 saturated heterocycles. The number of benzene rings is 2. The molecule has 40 heavy (non-hydrogen) atoms. The minimum absolute atomic E-state index is 0.138. The van der Waals surface area contributed by atoms with E-state index in [4.69, 9.17) is 11.5 Å². The predicted molar refractivity (Wildman–Crippen MR) is 164 cm³/mol. The molecule has 2 saturated carbocycles. The van der Waals surface area contributed by atoms with Gasteiger partial charge in [0, 0.05) is 99.0 Å². The van der Waals surface area contributed by atoms with Crippen molar-refractivity contribution < 1.29 is 4.79 Å². The zero-order valence-electron chi connectivity index (χ0n) is 24.1. The second-order valence-corrected chi connectivity index (χ2v) is 12.5. The van der Waals surface area contributed by atoms with Gasteiger partial charge in [0.05, 0.1) is 0 Å². The van der Waals surface area contributed by atoms with Crippen molar-refractivity contribution in [3.63, 3.8) is 0 Å². The first kappa shape index (κ1) is 27.7. The van der Waals surface area contributed by atoms with Gasteiger partial charge in [-0.05, 0) is 75.6 Å². The lowest BCUT2D eigenvalue weighted by molar-refractivity contribution is 0.103. The molecule has 2 heterocycles. The van der Waals surface area contributed by atoms with Gasteiger partial charge in [-0.25, -0.2) is 0 Å². The third-order valence-electron chi connectivity index (χ3n) is 10.1. The third kappa shape index (κ3) is 6.08. The first-order chi connectivity index (χ1) is 19.6. The summed E-state index contributed by atoms with van der Waals surface area (Å²) in [6.07, 6.45) is 9.45. The Morgan fingerprint density at radius 1 is 0.525 bits per heavy atom. The smallest absolute Gasteiger partial charge is 0.197 e. The maximum absolute atomic E-state index is 14.2. The number of piperazine rings is 2. The molecule has 0 radical (unpaired) electrons. The topological polar surface area (TPSA) is 82.1 Å². The van der Waals surface area contributed by atoms with E-state index in [9.17, 15) is 4.79 Å². The molecular formula is C33H48N6O. The van der Waals surface area contributed by atoms with E-state index >= 15 is 0 Å². The van der Waals surface area contributed by atoms with E-state index in [0.29, 0.717) is 24.2 Å². The number of nitrogens with zero attached hydrogens (tertiary/aromatic N) is 4. The standard InChI is InChI=1S/C33H48N6O/c34-25-9-13-27(14-10-25)36-17-21-38(22-18-36)31-7-3-1-5-29(31)33(40)30-6-2-4-8-32(30)39-23-19-37(20-24-39)28-15-11-26(35)12-16-28/h1-8,25-28H,9-24,34-35H2. The number of hydrogen-bond donors (Lipinski definition) is 2. The molecule has 7 nitrogen and oxygen atoms in total. The van der Waals surface area contributed by atoms with Crippen LogP contribution in [0.25, 0.3) is 0 Å². The summed E-state index contributed by atoms with van der Waals surface area (Å²) in [5.74, 6) is 0.138. The number of para-hydroxylation sites is 2. The Kier molecular flexibility index (Phi) is 8.73. The van der Waals surface area contributed by atoms with Gasteiger partial charge >= 0.3 is 0 Å². The second kappa shape index (κ2) is 12.6. The van der Waals surface area contributed by atoms with Crippen molar-refractivity contribution >= 4 is 17.2 Å². The van der Waals surface area contributed by atoms with Crippen LogP contribution >= 0.6 is 0 Å². The van der Waals surface area contributed by atoms with Gasteiger partial charge in [-0.3, -0.25) is 14.6 Å². The van der Waals surface area contributed by atoms with Gasteiger partial charge in [0.1, 0.15) is 0 Å². The van der Waals surface area contributed by atoms with E-state index in [1.807, 2.05) is 24.3 Å². The average molecular weight is 545 g/mol. The maximum atomic E-state index is 14.2. The van der Waals surface area contributed by atoms with Crippen molar-refractivity contribution in [1.29, 1.82) is 0 Å². The zero-order valence-corrected chi connectivity index (χ0v) is 24.1. The monoisotopic (exact) mass is 544 g/mol. The van der Waals surface area contributed by atoms with Crippen LogP contribution in [-0.2, 0) is 0 Å². The van der Waals surface area contributed by atoms with Crippen LogP contribution in [0.1, 0.15) is 67.3 Å². The normalized spacial score (nSPS) is 28.9. The molecule has 2 aromatic carbocycles. The largest absolute Gasteiger partial charge is 0.368 e. The first-order valence-electron chi connectivity index (χ1n) is 15.8. The van der Waals surface area contributed by atoms with Crippen molar-refractivity contribution in [3.05, 3.63) is 59.7 Å². The quantitative estimate of drug-likeness (QED) is 0.537. The summed E-state index contributed by atoms with van der Waals surface area (Å²) in [5, 5.41) is 0. The van der Waals surface area contributed by atoms with Crippen LogP contribution in [-0.4, -0.2) is 92.1 Å². The summed E-state index contributed by atoms with van der Waals surface area (Å²) in [7, 11) is 0. The Hall–Kier alpha value is -2.45. The highest BCUT2D eigenvalue weighted by molar-refractivity contribution is 6.15. The van der Waals surface area contributed by atoms with Gasteiger partial charge < -0.3 is 21.3 Å². The molecule has 4 fully saturated rings.